The first-order chi connectivity index (χ1) is 4.31. The van der Waals surface area contributed by atoms with Crippen molar-refractivity contribution in [3.8, 4) is 0 Å². The molecule has 0 fully saturated rings. The fraction of sp³-hybridized carbons (Fsp3) is 0.500. The summed E-state index contributed by atoms with van der Waals surface area (Å²) >= 11 is 0. The molecular formula is C6H13N3. The minimum atomic E-state index is 0.783. The van der Waals surface area contributed by atoms with Gasteiger partial charge in [0, 0.05) is 13.6 Å². The second-order valence-electron chi connectivity index (χ2n) is 1.67. The Balaban J connectivity index is 3.37. The molecule has 0 aliphatic carbocycles. The molecule has 0 aliphatic heterocycles. The van der Waals surface area contributed by atoms with Gasteiger partial charge in [0.1, 0.15) is 0 Å². The minimum Gasteiger partial charge on any atom is -0.316 e. The molecule has 0 heterocycles. The molecule has 0 aromatic carbocycles. The number of nitrogens with one attached hydrogen (secondary N) is 2. The Bertz CT molecular complexity index is 107. The smallest absolute Gasteiger partial charge is 0.0506 e. The standard InChI is InChI=1S/C6H13N3/c1-6(4-7-2)5-9-8-3/h5,7-8H,1,4H2,2-3H3/b9-5-. The van der Waals surface area contributed by atoms with E-state index in [4.69, 9.17) is 0 Å². The van der Waals surface area contributed by atoms with E-state index in [9.17, 15) is 0 Å². The van der Waals surface area contributed by atoms with Gasteiger partial charge in [-0.1, -0.05) is 6.58 Å². The van der Waals surface area contributed by atoms with Gasteiger partial charge in [-0.25, -0.2) is 0 Å². The Labute approximate surface area is 55.8 Å². The largest absolute Gasteiger partial charge is 0.316 e. The number of hydrogen-bond donors (Lipinski definition) is 2. The third kappa shape index (κ3) is 5.03. The van der Waals surface area contributed by atoms with Crippen molar-refractivity contribution in [1.29, 1.82) is 0 Å². The average Bonchev–Trinajstić information content (AvgIpc) is 1.85. The number of rotatable bonds is 4. The third-order valence-corrected chi connectivity index (χ3v) is 0.780. The molecule has 0 saturated heterocycles. The van der Waals surface area contributed by atoms with Crippen molar-refractivity contribution in [3.63, 3.8) is 0 Å². The van der Waals surface area contributed by atoms with Crippen LogP contribution in [0.15, 0.2) is 17.3 Å². The zero-order chi connectivity index (χ0) is 7.11. The fourth-order valence-electron chi connectivity index (χ4n) is 0.429. The summed E-state index contributed by atoms with van der Waals surface area (Å²) < 4.78 is 0. The van der Waals surface area contributed by atoms with E-state index in [0.717, 1.165) is 12.1 Å². The minimum absolute atomic E-state index is 0.783. The molecule has 0 radical (unpaired) electrons. The van der Waals surface area contributed by atoms with Crippen LogP contribution in [0.5, 0.6) is 0 Å². The van der Waals surface area contributed by atoms with Gasteiger partial charge in [0.2, 0.25) is 0 Å². The lowest BCUT2D eigenvalue weighted by Gasteiger charge is -1.94. The van der Waals surface area contributed by atoms with Gasteiger partial charge in [0.25, 0.3) is 0 Å². The number of hydrazone groups is 1. The fourth-order valence-corrected chi connectivity index (χ4v) is 0.429. The van der Waals surface area contributed by atoms with Crippen molar-refractivity contribution >= 4 is 6.21 Å². The zero-order valence-corrected chi connectivity index (χ0v) is 5.94. The number of hydrogen-bond acceptors (Lipinski definition) is 3. The Morgan fingerprint density at radius 3 is 2.78 bits per heavy atom. The summed E-state index contributed by atoms with van der Waals surface area (Å²) in [5, 5.41) is 6.73. The van der Waals surface area contributed by atoms with E-state index < -0.39 is 0 Å². The molecule has 0 saturated carbocycles. The lowest BCUT2D eigenvalue weighted by atomic mass is 10.3. The van der Waals surface area contributed by atoms with Crippen LogP contribution in [0, 0.1) is 0 Å². The molecule has 0 atom stereocenters. The Kier molecular flexibility index (Phi) is 4.82. The van der Waals surface area contributed by atoms with Crippen LogP contribution < -0.4 is 10.7 Å². The van der Waals surface area contributed by atoms with E-state index in [2.05, 4.69) is 22.4 Å². The van der Waals surface area contributed by atoms with Crippen LogP contribution in [-0.2, 0) is 0 Å². The van der Waals surface area contributed by atoms with Gasteiger partial charge in [0.15, 0.2) is 0 Å². The highest BCUT2D eigenvalue weighted by Crippen LogP contribution is 1.78. The molecular weight excluding hydrogens is 114 g/mol. The van der Waals surface area contributed by atoms with Crippen molar-refractivity contribution in [2.24, 2.45) is 5.10 Å². The van der Waals surface area contributed by atoms with Crippen LogP contribution >= 0.6 is 0 Å². The van der Waals surface area contributed by atoms with Gasteiger partial charge >= 0.3 is 0 Å². The highest BCUT2D eigenvalue weighted by atomic mass is 15.3. The van der Waals surface area contributed by atoms with Crippen LogP contribution in [0.3, 0.4) is 0 Å². The van der Waals surface area contributed by atoms with E-state index in [0.29, 0.717) is 0 Å². The molecule has 0 spiro atoms. The predicted octanol–water partition coefficient (Wildman–Crippen LogP) is -0.0328. The van der Waals surface area contributed by atoms with Crippen LogP contribution in [0.2, 0.25) is 0 Å². The number of likely N-dealkylation sites (N-methyl/N-ethyl adjacent to an activating group) is 1. The molecule has 0 amide bonds. The maximum Gasteiger partial charge on any atom is 0.0506 e. The lowest BCUT2D eigenvalue weighted by Crippen LogP contribution is -2.11. The monoisotopic (exact) mass is 127 g/mol. The molecule has 0 aromatic rings. The highest BCUT2D eigenvalue weighted by molar-refractivity contribution is 5.77. The maximum atomic E-state index is 3.78. The van der Waals surface area contributed by atoms with Crippen LogP contribution in [0.25, 0.3) is 0 Å². The van der Waals surface area contributed by atoms with Gasteiger partial charge < -0.3 is 10.7 Å². The molecule has 0 aromatic heterocycles. The summed E-state index contributed by atoms with van der Waals surface area (Å²) in [5.74, 6) is 0. The summed E-state index contributed by atoms with van der Waals surface area (Å²) in [6.45, 7) is 4.51. The van der Waals surface area contributed by atoms with Crippen LogP contribution in [0.1, 0.15) is 0 Å². The molecule has 0 rings (SSSR count). The van der Waals surface area contributed by atoms with E-state index >= 15 is 0 Å². The first-order valence-electron chi connectivity index (χ1n) is 2.83. The normalized spacial score (nSPS) is 10.0. The highest BCUT2D eigenvalue weighted by Gasteiger charge is 1.82. The molecule has 3 heteroatoms. The van der Waals surface area contributed by atoms with E-state index in [1.54, 1.807) is 13.3 Å². The van der Waals surface area contributed by atoms with Gasteiger partial charge in [0.05, 0.1) is 6.21 Å². The molecule has 2 N–H and O–H groups in total. The molecule has 52 valence electrons. The van der Waals surface area contributed by atoms with Gasteiger partial charge in [-0.05, 0) is 12.6 Å². The molecule has 9 heavy (non-hydrogen) atoms. The average molecular weight is 127 g/mol. The molecule has 3 nitrogen and oxygen atoms in total. The topological polar surface area (TPSA) is 36.4 Å². The SMILES string of the molecule is C=C(/C=N\NC)CNC. The summed E-state index contributed by atoms with van der Waals surface area (Å²) in [4.78, 5) is 0. The second kappa shape index (κ2) is 5.31. The van der Waals surface area contributed by atoms with Crippen molar-refractivity contribution in [2.45, 2.75) is 0 Å². The van der Waals surface area contributed by atoms with Gasteiger partial charge in [-0.15, -0.1) is 0 Å². The molecule has 0 aliphatic rings. The third-order valence-electron chi connectivity index (χ3n) is 0.780. The summed E-state index contributed by atoms with van der Waals surface area (Å²) in [6.07, 6.45) is 1.69. The van der Waals surface area contributed by atoms with Crippen molar-refractivity contribution in [1.82, 2.24) is 10.7 Å². The molecule has 0 unspecified atom stereocenters. The van der Waals surface area contributed by atoms with Crippen LogP contribution in [-0.4, -0.2) is 26.9 Å². The van der Waals surface area contributed by atoms with Crippen molar-refractivity contribution in [2.75, 3.05) is 20.6 Å². The first kappa shape index (κ1) is 8.17. The maximum absolute atomic E-state index is 3.78. The Morgan fingerprint density at radius 1 is 1.67 bits per heavy atom. The lowest BCUT2D eigenvalue weighted by molar-refractivity contribution is 0.887. The summed E-state index contributed by atoms with van der Waals surface area (Å²) in [6, 6.07) is 0. The second-order valence-corrected chi connectivity index (χ2v) is 1.67. The predicted molar refractivity (Wildman–Crippen MR) is 40.6 cm³/mol. The Morgan fingerprint density at radius 2 is 2.33 bits per heavy atom. The van der Waals surface area contributed by atoms with Gasteiger partial charge in [-0.3, -0.25) is 0 Å². The van der Waals surface area contributed by atoms with E-state index in [-0.39, 0.29) is 0 Å². The summed E-state index contributed by atoms with van der Waals surface area (Å²) in [5.41, 5.74) is 3.60. The van der Waals surface area contributed by atoms with Gasteiger partial charge in [-0.2, -0.15) is 5.10 Å². The first-order valence-corrected chi connectivity index (χ1v) is 2.83. The summed E-state index contributed by atoms with van der Waals surface area (Å²) in [7, 11) is 3.63. The number of nitrogens with zero attached hydrogens (tertiary/aromatic N) is 1. The van der Waals surface area contributed by atoms with Crippen molar-refractivity contribution < 1.29 is 0 Å². The quantitative estimate of drug-likeness (QED) is 0.411. The molecule has 0 bridgehead atoms. The van der Waals surface area contributed by atoms with Crippen molar-refractivity contribution in [3.05, 3.63) is 12.2 Å². The zero-order valence-electron chi connectivity index (χ0n) is 5.94. The van der Waals surface area contributed by atoms with Crippen LogP contribution in [0.4, 0.5) is 0 Å². The Hall–Kier alpha value is -0.830. The van der Waals surface area contributed by atoms with E-state index in [1.807, 2.05) is 7.05 Å². The van der Waals surface area contributed by atoms with E-state index in [1.165, 1.54) is 0 Å².